The van der Waals surface area contributed by atoms with Crippen molar-refractivity contribution in [2.24, 2.45) is 0 Å². The van der Waals surface area contributed by atoms with Crippen molar-refractivity contribution in [3.63, 3.8) is 0 Å². The summed E-state index contributed by atoms with van der Waals surface area (Å²) in [6, 6.07) is 0. The molecule has 96 valence electrons. The van der Waals surface area contributed by atoms with Gasteiger partial charge in [-0.2, -0.15) is 0 Å². The lowest BCUT2D eigenvalue weighted by Crippen LogP contribution is -2.01. The largest absolute Gasteiger partial charge is 0.334 e. The van der Waals surface area contributed by atoms with Crippen LogP contribution in [0.1, 0.15) is 46.5 Å². The van der Waals surface area contributed by atoms with Gasteiger partial charge in [0.15, 0.2) is 0 Å². The van der Waals surface area contributed by atoms with Crippen LogP contribution in [0.25, 0.3) is 0 Å². The molecule has 0 saturated heterocycles. The van der Waals surface area contributed by atoms with Gasteiger partial charge in [0.2, 0.25) is 0 Å². The summed E-state index contributed by atoms with van der Waals surface area (Å²) in [5, 5.41) is 0. The highest BCUT2D eigenvalue weighted by atomic mass is 31.2. The Hall–Kier alpha value is -0.110. The maximum atomic E-state index is 12.2. The number of allylic oxidation sites excluding steroid dienone is 2. The molecule has 0 aromatic carbocycles. The molecule has 0 amide bonds. The fourth-order valence-electron chi connectivity index (χ4n) is 1.07. The summed E-state index contributed by atoms with van der Waals surface area (Å²) in [5.74, 6) is 0. The number of hydrogen-bond donors (Lipinski definition) is 0. The Morgan fingerprint density at radius 3 is 1.94 bits per heavy atom. The third kappa shape index (κ3) is 8.09. The van der Waals surface area contributed by atoms with E-state index in [4.69, 9.17) is 9.05 Å². The molecular weight excluding hydrogens is 223 g/mol. The van der Waals surface area contributed by atoms with Gasteiger partial charge in [0, 0.05) is 0 Å². The minimum atomic E-state index is -2.88. The molecule has 0 rings (SSSR count). The topological polar surface area (TPSA) is 35.5 Å². The van der Waals surface area contributed by atoms with Crippen molar-refractivity contribution in [2.75, 3.05) is 19.4 Å². The smallest absolute Gasteiger partial charge is 0.308 e. The zero-order valence-electron chi connectivity index (χ0n) is 10.8. The lowest BCUT2D eigenvalue weighted by Gasteiger charge is -2.16. The fraction of sp³-hybridized carbons (Fsp3) is 0.833. The summed E-state index contributed by atoms with van der Waals surface area (Å²) in [6.45, 7) is 7.12. The molecule has 0 bridgehead atoms. The predicted molar refractivity (Wildman–Crippen MR) is 69.0 cm³/mol. The summed E-state index contributed by atoms with van der Waals surface area (Å²) in [4.78, 5) is 0. The Kier molecular flexibility index (Phi) is 10.0. The van der Waals surface area contributed by atoms with Crippen molar-refractivity contribution < 1.29 is 13.6 Å². The maximum Gasteiger partial charge on any atom is 0.334 e. The second-order valence-corrected chi connectivity index (χ2v) is 5.84. The molecule has 0 aliphatic heterocycles. The normalized spacial score (nSPS) is 12.4. The molecular formula is C12H25O3P. The Bertz CT molecular complexity index is 212. The van der Waals surface area contributed by atoms with Gasteiger partial charge in [-0.05, 0) is 19.8 Å². The standard InChI is InChI=1S/C12H25O3P/c1-4-7-10-14-16(13,12-9-6-3)15-11-8-5-2/h6,9H,4-5,7-8,10-12H2,1-3H3. The zero-order chi connectivity index (χ0) is 12.3. The highest BCUT2D eigenvalue weighted by Gasteiger charge is 2.22. The third-order valence-corrected chi connectivity index (χ3v) is 3.95. The molecule has 4 heteroatoms. The average Bonchev–Trinajstić information content (AvgIpc) is 2.27. The number of unbranched alkanes of at least 4 members (excludes halogenated alkanes) is 2. The summed E-state index contributed by atoms with van der Waals surface area (Å²) in [7, 11) is -2.88. The van der Waals surface area contributed by atoms with Crippen molar-refractivity contribution in [3.05, 3.63) is 12.2 Å². The van der Waals surface area contributed by atoms with Gasteiger partial charge < -0.3 is 9.05 Å². The van der Waals surface area contributed by atoms with E-state index in [-0.39, 0.29) is 0 Å². The minimum Gasteiger partial charge on any atom is -0.308 e. The van der Waals surface area contributed by atoms with Gasteiger partial charge in [0.1, 0.15) is 0 Å². The molecule has 0 aromatic rings. The van der Waals surface area contributed by atoms with Crippen LogP contribution in [0.2, 0.25) is 0 Å². The van der Waals surface area contributed by atoms with Crippen LogP contribution in [0.15, 0.2) is 12.2 Å². The monoisotopic (exact) mass is 248 g/mol. The van der Waals surface area contributed by atoms with E-state index in [1.54, 1.807) is 0 Å². The van der Waals surface area contributed by atoms with Crippen LogP contribution < -0.4 is 0 Å². The Labute approximate surface area is 99.8 Å². The molecule has 0 fully saturated rings. The van der Waals surface area contributed by atoms with Gasteiger partial charge in [-0.1, -0.05) is 38.8 Å². The molecule has 0 atom stereocenters. The van der Waals surface area contributed by atoms with Gasteiger partial charge in [-0.15, -0.1) is 0 Å². The molecule has 16 heavy (non-hydrogen) atoms. The molecule has 3 nitrogen and oxygen atoms in total. The van der Waals surface area contributed by atoms with E-state index >= 15 is 0 Å². The quantitative estimate of drug-likeness (QED) is 0.327. The first-order chi connectivity index (χ1) is 7.68. The fourth-order valence-corrected chi connectivity index (χ4v) is 2.64. The molecule has 0 saturated carbocycles. The van der Waals surface area contributed by atoms with Gasteiger partial charge in [-0.3, -0.25) is 4.57 Å². The Balaban J connectivity index is 4.07. The zero-order valence-corrected chi connectivity index (χ0v) is 11.7. The summed E-state index contributed by atoms with van der Waals surface area (Å²) in [5.41, 5.74) is 0. The van der Waals surface area contributed by atoms with E-state index in [1.165, 1.54) is 0 Å². The minimum absolute atomic E-state index is 0.386. The summed E-state index contributed by atoms with van der Waals surface area (Å²) >= 11 is 0. The first kappa shape index (κ1) is 15.9. The first-order valence-corrected chi connectivity index (χ1v) is 7.90. The van der Waals surface area contributed by atoms with Crippen LogP contribution in [-0.4, -0.2) is 19.4 Å². The van der Waals surface area contributed by atoms with E-state index in [2.05, 4.69) is 13.8 Å². The molecule has 0 unspecified atom stereocenters. The second kappa shape index (κ2) is 10.1. The molecule has 0 aliphatic rings. The highest BCUT2D eigenvalue weighted by molar-refractivity contribution is 7.54. The van der Waals surface area contributed by atoms with Gasteiger partial charge in [0.25, 0.3) is 0 Å². The van der Waals surface area contributed by atoms with Gasteiger partial charge >= 0.3 is 7.60 Å². The van der Waals surface area contributed by atoms with E-state index in [0.717, 1.165) is 25.7 Å². The Morgan fingerprint density at radius 2 is 1.56 bits per heavy atom. The second-order valence-electron chi connectivity index (χ2n) is 3.74. The lowest BCUT2D eigenvalue weighted by molar-refractivity contribution is 0.202. The number of rotatable bonds is 10. The molecule has 0 heterocycles. The lowest BCUT2D eigenvalue weighted by atomic mass is 10.4. The van der Waals surface area contributed by atoms with Crippen molar-refractivity contribution in [1.82, 2.24) is 0 Å². The highest BCUT2D eigenvalue weighted by Crippen LogP contribution is 2.48. The molecule has 0 aliphatic carbocycles. The molecule has 0 spiro atoms. The van der Waals surface area contributed by atoms with Crippen molar-refractivity contribution >= 4 is 7.60 Å². The molecule has 0 N–H and O–H groups in total. The van der Waals surface area contributed by atoms with Crippen LogP contribution in [0.5, 0.6) is 0 Å². The van der Waals surface area contributed by atoms with Gasteiger partial charge in [-0.25, -0.2) is 0 Å². The van der Waals surface area contributed by atoms with Crippen LogP contribution >= 0.6 is 7.60 Å². The van der Waals surface area contributed by atoms with Crippen LogP contribution in [-0.2, 0) is 13.6 Å². The first-order valence-electron chi connectivity index (χ1n) is 6.17. The van der Waals surface area contributed by atoms with E-state index < -0.39 is 7.60 Å². The van der Waals surface area contributed by atoms with Crippen LogP contribution in [0.3, 0.4) is 0 Å². The van der Waals surface area contributed by atoms with Crippen molar-refractivity contribution in [1.29, 1.82) is 0 Å². The summed E-state index contributed by atoms with van der Waals surface area (Å²) < 4.78 is 23.0. The van der Waals surface area contributed by atoms with Crippen molar-refractivity contribution in [2.45, 2.75) is 46.5 Å². The van der Waals surface area contributed by atoms with E-state index in [1.807, 2.05) is 19.1 Å². The third-order valence-electron chi connectivity index (χ3n) is 2.14. The van der Waals surface area contributed by atoms with Gasteiger partial charge in [0.05, 0.1) is 19.4 Å². The van der Waals surface area contributed by atoms with Crippen LogP contribution in [0.4, 0.5) is 0 Å². The average molecular weight is 248 g/mol. The van der Waals surface area contributed by atoms with E-state index in [0.29, 0.717) is 19.4 Å². The van der Waals surface area contributed by atoms with Crippen LogP contribution in [0, 0.1) is 0 Å². The molecule has 0 radical (unpaired) electrons. The molecule has 0 aromatic heterocycles. The summed E-state index contributed by atoms with van der Waals surface area (Å²) in [6.07, 6.45) is 8.04. The Morgan fingerprint density at radius 1 is 1.06 bits per heavy atom. The number of hydrogen-bond acceptors (Lipinski definition) is 3. The van der Waals surface area contributed by atoms with Crippen molar-refractivity contribution in [3.8, 4) is 0 Å². The maximum absolute atomic E-state index is 12.2. The predicted octanol–water partition coefficient (Wildman–Crippen LogP) is 4.39. The van der Waals surface area contributed by atoms with E-state index in [9.17, 15) is 4.57 Å². The SMILES string of the molecule is CC=CCP(=O)(OCCCC)OCCCC.